The fourth-order valence-corrected chi connectivity index (χ4v) is 1.79. The molecule has 0 aliphatic rings. The molecule has 0 saturated heterocycles. The standard InChI is InChI=1S/C11H9N5O/c1-6-3-2-4-7-8(6)11(17)15-10(14-7)9-12-5-13-16-9/h2-5H,1H3,(H,12,13,16)(H,14,15,17). The van der Waals surface area contributed by atoms with Crippen LogP contribution in [-0.2, 0) is 0 Å². The van der Waals surface area contributed by atoms with Gasteiger partial charge in [-0.1, -0.05) is 12.1 Å². The zero-order valence-corrected chi connectivity index (χ0v) is 9.06. The van der Waals surface area contributed by atoms with Gasteiger partial charge < -0.3 is 4.98 Å². The monoisotopic (exact) mass is 227 g/mol. The van der Waals surface area contributed by atoms with Crippen LogP contribution < -0.4 is 5.56 Å². The van der Waals surface area contributed by atoms with Crippen molar-refractivity contribution >= 4 is 10.9 Å². The molecule has 0 bridgehead atoms. The molecule has 2 aromatic heterocycles. The molecule has 3 aromatic rings. The van der Waals surface area contributed by atoms with E-state index in [0.29, 0.717) is 22.6 Å². The predicted molar refractivity (Wildman–Crippen MR) is 62.5 cm³/mol. The number of rotatable bonds is 1. The van der Waals surface area contributed by atoms with Gasteiger partial charge in [-0.15, -0.1) is 0 Å². The lowest BCUT2D eigenvalue weighted by molar-refractivity contribution is 1.06. The summed E-state index contributed by atoms with van der Waals surface area (Å²) < 4.78 is 0. The Balaban J connectivity index is 2.36. The van der Waals surface area contributed by atoms with E-state index in [0.717, 1.165) is 5.56 Å². The van der Waals surface area contributed by atoms with Crippen molar-refractivity contribution in [3.05, 3.63) is 40.4 Å². The highest BCUT2D eigenvalue weighted by Gasteiger charge is 2.08. The minimum absolute atomic E-state index is 0.167. The van der Waals surface area contributed by atoms with E-state index < -0.39 is 0 Å². The van der Waals surface area contributed by atoms with E-state index in [-0.39, 0.29) is 5.56 Å². The molecule has 3 rings (SSSR count). The Labute approximate surface area is 95.8 Å². The first-order valence-electron chi connectivity index (χ1n) is 5.11. The van der Waals surface area contributed by atoms with Crippen LogP contribution in [0.2, 0.25) is 0 Å². The molecule has 0 saturated carbocycles. The minimum atomic E-state index is -0.167. The summed E-state index contributed by atoms with van der Waals surface area (Å²) in [5.41, 5.74) is 1.39. The van der Waals surface area contributed by atoms with Gasteiger partial charge in [-0.05, 0) is 18.6 Å². The number of hydrogen-bond donors (Lipinski definition) is 2. The summed E-state index contributed by atoms with van der Waals surface area (Å²) in [7, 11) is 0. The normalized spacial score (nSPS) is 10.9. The maximum Gasteiger partial charge on any atom is 0.259 e. The van der Waals surface area contributed by atoms with Crippen LogP contribution in [0.15, 0.2) is 29.3 Å². The first kappa shape index (κ1) is 9.71. The first-order chi connectivity index (χ1) is 8.25. The van der Waals surface area contributed by atoms with Crippen molar-refractivity contribution in [1.29, 1.82) is 0 Å². The van der Waals surface area contributed by atoms with Gasteiger partial charge in [0.1, 0.15) is 6.33 Å². The maximum absolute atomic E-state index is 12.0. The molecule has 0 fully saturated rings. The van der Waals surface area contributed by atoms with Gasteiger partial charge in [-0.25, -0.2) is 9.97 Å². The molecule has 0 atom stereocenters. The fourth-order valence-electron chi connectivity index (χ4n) is 1.79. The van der Waals surface area contributed by atoms with E-state index in [1.807, 2.05) is 19.1 Å². The number of aromatic amines is 2. The van der Waals surface area contributed by atoms with Gasteiger partial charge in [0, 0.05) is 0 Å². The van der Waals surface area contributed by atoms with Crippen LogP contribution in [0, 0.1) is 6.92 Å². The number of aryl methyl sites for hydroxylation is 1. The predicted octanol–water partition coefficient (Wildman–Crippen LogP) is 1.02. The van der Waals surface area contributed by atoms with E-state index in [1.165, 1.54) is 6.33 Å². The van der Waals surface area contributed by atoms with E-state index in [2.05, 4.69) is 25.1 Å². The van der Waals surface area contributed by atoms with Crippen LogP contribution in [0.4, 0.5) is 0 Å². The Morgan fingerprint density at radius 1 is 1.24 bits per heavy atom. The molecular formula is C11H9N5O. The Morgan fingerprint density at radius 2 is 2.12 bits per heavy atom. The Kier molecular flexibility index (Phi) is 2.01. The third kappa shape index (κ3) is 1.50. The Hall–Kier alpha value is -2.50. The summed E-state index contributed by atoms with van der Waals surface area (Å²) >= 11 is 0. The zero-order chi connectivity index (χ0) is 11.8. The van der Waals surface area contributed by atoms with Crippen LogP contribution in [0.1, 0.15) is 5.56 Å². The first-order valence-corrected chi connectivity index (χ1v) is 5.11. The highest BCUT2D eigenvalue weighted by molar-refractivity contribution is 5.82. The Bertz CT molecular complexity index is 729. The van der Waals surface area contributed by atoms with Crippen LogP contribution in [-0.4, -0.2) is 25.1 Å². The quantitative estimate of drug-likeness (QED) is 0.649. The van der Waals surface area contributed by atoms with Gasteiger partial charge in [-0.2, -0.15) is 5.10 Å². The molecule has 0 aliphatic heterocycles. The molecule has 17 heavy (non-hydrogen) atoms. The highest BCUT2D eigenvalue weighted by Crippen LogP contribution is 2.14. The van der Waals surface area contributed by atoms with Crippen molar-refractivity contribution in [3.63, 3.8) is 0 Å². The second kappa shape index (κ2) is 3.51. The molecule has 0 unspecified atom stereocenters. The van der Waals surface area contributed by atoms with E-state index in [1.54, 1.807) is 6.07 Å². The highest BCUT2D eigenvalue weighted by atomic mass is 16.1. The minimum Gasteiger partial charge on any atom is -0.303 e. The summed E-state index contributed by atoms with van der Waals surface area (Å²) in [4.78, 5) is 23.0. The largest absolute Gasteiger partial charge is 0.303 e. The molecule has 2 heterocycles. The average Bonchev–Trinajstić information content (AvgIpc) is 2.81. The lowest BCUT2D eigenvalue weighted by atomic mass is 10.1. The third-order valence-electron chi connectivity index (χ3n) is 2.58. The summed E-state index contributed by atoms with van der Waals surface area (Å²) in [5.74, 6) is 0.844. The van der Waals surface area contributed by atoms with Crippen molar-refractivity contribution in [1.82, 2.24) is 25.1 Å². The van der Waals surface area contributed by atoms with Crippen molar-refractivity contribution in [2.45, 2.75) is 6.92 Å². The van der Waals surface area contributed by atoms with Gasteiger partial charge >= 0.3 is 0 Å². The lowest BCUT2D eigenvalue weighted by Gasteiger charge is -2.02. The molecule has 6 nitrogen and oxygen atoms in total. The topological polar surface area (TPSA) is 87.3 Å². The molecule has 1 aromatic carbocycles. The van der Waals surface area contributed by atoms with Gasteiger partial charge in [0.25, 0.3) is 5.56 Å². The van der Waals surface area contributed by atoms with Crippen molar-refractivity contribution < 1.29 is 0 Å². The van der Waals surface area contributed by atoms with Crippen molar-refractivity contribution in [3.8, 4) is 11.6 Å². The van der Waals surface area contributed by atoms with E-state index in [4.69, 9.17) is 0 Å². The van der Waals surface area contributed by atoms with Crippen LogP contribution in [0.5, 0.6) is 0 Å². The number of fused-ring (bicyclic) bond motifs is 1. The molecule has 0 radical (unpaired) electrons. The SMILES string of the molecule is Cc1cccc2nc(-c3ncn[nH]3)[nH]c(=O)c12. The van der Waals surface area contributed by atoms with E-state index >= 15 is 0 Å². The number of aromatic nitrogens is 5. The molecule has 84 valence electrons. The molecule has 0 amide bonds. The number of benzene rings is 1. The third-order valence-corrected chi connectivity index (χ3v) is 2.58. The number of hydrogen-bond acceptors (Lipinski definition) is 4. The van der Waals surface area contributed by atoms with Crippen LogP contribution >= 0.6 is 0 Å². The second-order valence-corrected chi connectivity index (χ2v) is 3.72. The Morgan fingerprint density at radius 3 is 2.88 bits per heavy atom. The van der Waals surface area contributed by atoms with Crippen LogP contribution in [0.25, 0.3) is 22.6 Å². The van der Waals surface area contributed by atoms with Gasteiger partial charge in [-0.3, -0.25) is 9.89 Å². The van der Waals surface area contributed by atoms with E-state index in [9.17, 15) is 4.79 Å². The molecular weight excluding hydrogens is 218 g/mol. The fraction of sp³-hybridized carbons (Fsp3) is 0.0909. The summed E-state index contributed by atoms with van der Waals surface area (Å²) in [6.07, 6.45) is 1.37. The maximum atomic E-state index is 12.0. The summed E-state index contributed by atoms with van der Waals surface area (Å²) in [5, 5.41) is 7.00. The van der Waals surface area contributed by atoms with Crippen molar-refractivity contribution in [2.75, 3.05) is 0 Å². The molecule has 6 heteroatoms. The number of H-pyrrole nitrogens is 2. The second-order valence-electron chi connectivity index (χ2n) is 3.72. The number of nitrogens with zero attached hydrogens (tertiary/aromatic N) is 3. The van der Waals surface area contributed by atoms with Gasteiger partial charge in [0.05, 0.1) is 10.9 Å². The van der Waals surface area contributed by atoms with Crippen LogP contribution in [0.3, 0.4) is 0 Å². The molecule has 0 aliphatic carbocycles. The average molecular weight is 227 g/mol. The lowest BCUT2D eigenvalue weighted by Crippen LogP contribution is -2.11. The summed E-state index contributed by atoms with van der Waals surface area (Å²) in [6.45, 7) is 1.88. The molecule has 2 N–H and O–H groups in total. The smallest absolute Gasteiger partial charge is 0.259 e. The van der Waals surface area contributed by atoms with Crippen molar-refractivity contribution in [2.24, 2.45) is 0 Å². The van der Waals surface area contributed by atoms with Gasteiger partial charge in [0.2, 0.25) is 0 Å². The molecule has 0 spiro atoms. The van der Waals surface area contributed by atoms with Gasteiger partial charge in [0.15, 0.2) is 11.6 Å². The summed E-state index contributed by atoms with van der Waals surface area (Å²) in [6, 6.07) is 5.55. The zero-order valence-electron chi connectivity index (χ0n) is 9.06. The number of nitrogens with one attached hydrogen (secondary N) is 2.